The molecule has 96 valence electrons. The van der Waals surface area contributed by atoms with Crippen LogP contribution in [0.2, 0.25) is 0 Å². The summed E-state index contributed by atoms with van der Waals surface area (Å²) in [4.78, 5) is 11.8. The number of nitrogens with two attached hydrogens (primary N) is 1. The first-order valence-corrected chi connectivity index (χ1v) is 5.69. The van der Waals surface area contributed by atoms with Crippen molar-refractivity contribution in [3.05, 3.63) is 24.2 Å². The molecule has 7 nitrogen and oxygen atoms in total. The lowest BCUT2D eigenvalue weighted by atomic mass is 10.3. The topological polar surface area (TPSA) is 90.8 Å². The molecule has 0 aliphatic heterocycles. The number of rotatable bonds is 4. The van der Waals surface area contributed by atoms with Crippen LogP contribution >= 0.6 is 0 Å². The summed E-state index contributed by atoms with van der Waals surface area (Å²) < 4.78 is 3.17. The third-order valence-corrected chi connectivity index (χ3v) is 2.48. The van der Waals surface area contributed by atoms with Gasteiger partial charge in [-0.25, -0.2) is 0 Å². The molecule has 0 radical (unpaired) electrons. The lowest BCUT2D eigenvalue weighted by Crippen LogP contribution is -2.19. The Balaban J connectivity index is 2.02. The largest absolute Gasteiger partial charge is 0.382 e. The molecular weight excluding hydrogens is 232 g/mol. The van der Waals surface area contributed by atoms with E-state index in [0.29, 0.717) is 5.82 Å². The molecule has 0 aliphatic rings. The van der Waals surface area contributed by atoms with E-state index in [4.69, 9.17) is 5.73 Å². The number of carbonyl (C=O) groups excluding carboxylic acids is 1. The summed E-state index contributed by atoms with van der Waals surface area (Å²) in [5, 5.41) is 11.0. The smallest absolute Gasteiger partial charge is 0.246 e. The molecule has 0 aromatic carbocycles. The van der Waals surface area contributed by atoms with E-state index in [1.807, 2.05) is 14.0 Å². The first-order valence-electron chi connectivity index (χ1n) is 5.69. The van der Waals surface area contributed by atoms with E-state index in [0.717, 1.165) is 17.8 Å². The van der Waals surface area contributed by atoms with Gasteiger partial charge in [0.1, 0.15) is 12.4 Å². The van der Waals surface area contributed by atoms with E-state index >= 15 is 0 Å². The molecule has 2 aromatic heterocycles. The molecule has 18 heavy (non-hydrogen) atoms. The lowest BCUT2D eigenvalue weighted by molar-refractivity contribution is -0.116. The summed E-state index contributed by atoms with van der Waals surface area (Å²) in [7, 11) is 1.82. The summed E-state index contributed by atoms with van der Waals surface area (Å²) in [5.74, 6) is 0.249. The molecule has 7 heteroatoms. The van der Waals surface area contributed by atoms with Crippen molar-refractivity contribution in [3.63, 3.8) is 0 Å². The predicted molar refractivity (Wildman–Crippen MR) is 67.9 cm³/mol. The zero-order valence-electron chi connectivity index (χ0n) is 10.4. The first kappa shape index (κ1) is 12.2. The number of carbonyl (C=O) groups is 1. The number of nitrogens with one attached hydrogen (secondary N) is 1. The third kappa shape index (κ3) is 2.68. The Kier molecular flexibility index (Phi) is 3.31. The van der Waals surface area contributed by atoms with E-state index in [1.54, 1.807) is 23.1 Å². The maximum atomic E-state index is 11.8. The highest BCUT2D eigenvalue weighted by molar-refractivity contribution is 5.90. The number of aryl methyl sites for hydroxylation is 2. The van der Waals surface area contributed by atoms with Crippen molar-refractivity contribution in [3.8, 4) is 0 Å². The van der Waals surface area contributed by atoms with Crippen molar-refractivity contribution < 1.29 is 4.79 Å². The summed E-state index contributed by atoms with van der Waals surface area (Å²) in [6.07, 6.45) is 4.22. The molecule has 0 saturated heterocycles. The molecule has 0 saturated carbocycles. The number of nitrogen functional groups attached to an aromatic ring is 1. The van der Waals surface area contributed by atoms with Gasteiger partial charge in [0.2, 0.25) is 5.91 Å². The van der Waals surface area contributed by atoms with Crippen molar-refractivity contribution in [1.29, 1.82) is 0 Å². The predicted octanol–water partition coefficient (Wildman–Crippen LogP) is 0.400. The van der Waals surface area contributed by atoms with Crippen molar-refractivity contribution in [2.24, 2.45) is 7.05 Å². The molecule has 0 aliphatic carbocycles. The SMILES string of the molecule is CCc1nn(C)cc1NC(=O)Cn1ccc(N)n1. The normalized spacial score (nSPS) is 10.6. The highest BCUT2D eigenvalue weighted by atomic mass is 16.2. The summed E-state index contributed by atoms with van der Waals surface area (Å²) >= 11 is 0. The Morgan fingerprint density at radius 2 is 2.28 bits per heavy atom. The minimum Gasteiger partial charge on any atom is -0.382 e. The van der Waals surface area contributed by atoms with E-state index < -0.39 is 0 Å². The summed E-state index contributed by atoms with van der Waals surface area (Å²) in [6.45, 7) is 2.13. The quantitative estimate of drug-likeness (QED) is 0.819. The van der Waals surface area contributed by atoms with Crippen LogP contribution in [0.15, 0.2) is 18.5 Å². The molecule has 0 unspecified atom stereocenters. The Bertz CT molecular complexity index is 556. The van der Waals surface area contributed by atoms with Crippen LogP contribution in [0.5, 0.6) is 0 Å². The molecule has 2 heterocycles. The van der Waals surface area contributed by atoms with Gasteiger partial charge in [0.25, 0.3) is 0 Å². The third-order valence-electron chi connectivity index (χ3n) is 2.48. The Morgan fingerprint density at radius 3 is 2.89 bits per heavy atom. The summed E-state index contributed by atoms with van der Waals surface area (Å²) in [5.41, 5.74) is 7.09. The minimum absolute atomic E-state index is 0.134. The number of nitrogens with zero attached hydrogens (tertiary/aromatic N) is 4. The molecule has 3 N–H and O–H groups in total. The van der Waals surface area contributed by atoms with Gasteiger partial charge in [-0.2, -0.15) is 10.2 Å². The van der Waals surface area contributed by atoms with Crippen LogP contribution in [0.4, 0.5) is 11.5 Å². The van der Waals surface area contributed by atoms with Gasteiger partial charge in [-0.1, -0.05) is 6.92 Å². The Hall–Kier alpha value is -2.31. The van der Waals surface area contributed by atoms with Gasteiger partial charge >= 0.3 is 0 Å². The van der Waals surface area contributed by atoms with Crippen LogP contribution in [0.25, 0.3) is 0 Å². The van der Waals surface area contributed by atoms with Gasteiger partial charge in [-0.15, -0.1) is 0 Å². The van der Waals surface area contributed by atoms with Crippen LogP contribution < -0.4 is 11.1 Å². The molecule has 2 rings (SSSR count). The van der Waals surface area contributed by atoms with Crippen LogP contribution in [0, 0.1) is 0 Å². The molecular formula is C11H16N6O. The number of hydrogen-bond acceptors (Lipinski definition) is 4. The molecule has 0 atom stereocenters. The number of anilines is 2. The minimum atomic E-state index is -0.152. The monoisotopic (exact) mass is 248 g/mol. The number of amides is 1. The molecule has 0 fully saturated rings. The van der Waals surface area contributed by atoms with E-state index in [1.165, 1.54) is 4.68 Å². The van der Waals surface area contributed by atoms with Crippen molar-refractivity contribution in [1.82, 2.24) is 19.6 Å². The molecule has 1 amide bonds. The van der Waals surface area contributed by atoms with Gasteiger partial charge in [0.15, 0.2) is 0 Å². The maximum Gasteiger partial charge on any atom is 0.246 e. The fraction of sp³-hybridized carbons (Fsp3) is 0.364. The first-order chi connectivity index (χ1) is 8.58. The zero-order valence-corrected chi connectivity index (χ0v) is 10.4. The Labute approximate surface area is 105 Å². The van der Waals surface area contributed by atoms with Crippen LogP contribution in [0.1, 0.15) is 12.6 Å². The fourth-order valence-corrected chi connectivity index (χ4v) is 1.70. The van der Waals surface area contributed by atoms with Gasteiger partial charge in [0, 0.05) is 19.4 Å². The van der Waals surface area contributed by atoms with Crippen molar-refractivity contribution >= 4 is 17.4 Å². The van der Waals surface area contributed by atoms with Crippen molar-refractivity contribution in [2.75, 3.05) is 11.1 Å². The second-order valence-corrected chi connectivity index (χ2v) is 4.00. The summed E-state index contributed by atoms with van der Waals surface area (Å²) in [6, 6.07) is 1.65. The highest BCUT2D eigenvalue weighted by Crippen LogP contribution is 2.13. The number of aromatic nitrogens is 4. The van der Waals surface area contributed by atoms with Crippen molar-refractivity contribution in [2.45, 2.75) is 19.9 Å². The average molecular weight is 248 g/mol. The van der Waals surface area contributed by atoms with Gasteiger partial charge < -0.3 is 11.1 Å². The van der Waals surface area contributed by atoms with Crippen LogP contribution in [-0.4, -0.2) is 25.5 Å². The average Bonchev–Trinajstić information content (AvgIpc) is 2.85. The van der Waals surface area contributed by atoms with E-state index in [-0.39, 0.29) is 12.5 Å². The molecule has 2 aromatic rings. The van der Waals surface area contributed by atoms with E-state index in [2.05, 4.69) is 15.5 Å². The highest BCUT2D eigenvalue weighted by Gasteiger charge is 2.10. The van der Waals surface area contributed by atoms with Gasteiger partial charge in [-0.3, -0.25) is 14.2 Å². The standard InChI is InChI=1S/C11H16N6O/c1-3-8-9(6-16(2)14-8)13-11(18)7-17-5-4-10(12)15-17/h4-6H,3,7H2,1-2H3,(H2,12,15)(H,13,18). The zero-order chi connectivity index (χ0) is 13.1. The molecule has 0 bridgehead atoms. The second-order valence-electron chi connectivity index (χ2n) is 4.00. The van der Waals surface area contributed by atoms with Crippen LogP contribution in [-0.2, 0) is 24.8 Å². The lowest BCUT2D eigenvalue weighted by Gasteiger charge is -2.04. The van der Waals surface area contributed by atoms with Gasteiger partial charge in [0.05, 0.1) is 11.4 Å². The molecule has 0 spiro atoms. The van der Waals surface area contributed by atoms with Crippen LogP contribution in [0.3, 0.4) is 0 Å². The Morgan fingerprint density at radius 1 is 1.50 bits per heavy atom. The maximum absolute atomic E-state index is 11.8. The second kappa shape index (κ2) is 4.91. The fourth-order valence-electron chi connectivity index (χ4n) is 1.70. The van der Waals surface area contributed by atoms with E-state index in [9.17, 15) is 4.79 Å². The number of hydrogen-bond donors (Lipinski definition) is 2. The van der Waals surface area contributed by atoms with Gasteiger partial charge in [-0.05, 0) is 12.5 Å².